The maximum atomic E-state index is 12.6. The molecule has 2 aromatic heterocycles. The predicted octanol–water partition coefficient (Wildman–Crippen LogP) is 3.17. The molecule has 0 saturated carbocycles. The van der Waals surface area contributed by atoms with Gasteiger partial charge in [0.1, 0.15) is 10.8 Å². The van der Waals surface area contributed by atoms with E-state index in [-0.39, 0.29) is 42.5 Å². The van der Waals surface area contributed by atoms with Gasteiger partial charge in [-0.05, 0) is 6.42 Å². The van der Waals surface area contributed by atoms with Gasteiger partial charge < -0.3 is 10.6 Å². The minimum atomic E-state index is -4.42. The monoisotopic (exact) mass is 529 g/mol. The fourth-order valence-electron chi connectivity index (χ4n) is 2.76. The summed E-state index contributed by atoms with van der Waals surface area (Å²) in [6, 6.07) is 0.118. The Balaban J connectivity index is 0.00000280. The number of halogens is 4. The van der Waals surface area contributed by atoms with Crippen LogP contribution in [-0.4, -0.2) is 38.8 Å². The lowest BCUT2D eigenvalue weighted by atomic mass is 10.1. The van der Waals surface area contributed by atoms with Gasteiger partial charge in [0.2, 0.25) is 0 Å². The van der Waals surface area contributed by atoms with E-state index in [9.17, 15) is 13.2 Å². The Morgan fingerprint density at radius 1 is 1.39 bits per heavy atom. The minimum Gasteiger partial charge on any atom is -0.352 e. The lowest BCUT2D eigenvalue weighted by Gasteiger charge is -2.25. The normalized spacial score (nSPS) is 17.2. The molecule has 0 aromatic carbocycles. The molecule has 0 saturated heterocycles. The van der Waals surface area contributed by atoms with Crippen molar-refractivity contribution in [3.8, 4) is 0 Å². The molecular formula is C16H23F3IN7S. The molecule has 7 nitrogen and oxygen atoms in total. The molecular weight excluding hydrogens is 506 g/mol. The second-order valence-electron chi connectivity index (χ2n) is 6.65. The molecule has 2 aromatic rings. The Morgan fingerprint density at radius 3 is 2.75 bits per heavy atom. The van der Waals surface area contributed by atoms with Crippen LogP contribution in [0.25, 0.3) is 0 Å². The molecule has 0 aliphatic carbocycles. The first kappa shape index (κ1) is 22.8. The third-order valence-electron chi connectivity index (χ3n) is 4.20. The summed E-state index contributed by atoms with van der Waals surface area (Å²) in [5.74, 6) is 2.64. The summed E-state index contributed by atoms with van der Waals surface area (Å²) in [5.41, 5.74) is -0.862. The molecule has 12 heteroatoms. The second-order valence-corrected chi connectivity index (χ2v) is 7.60. The highest BCUT2D eigenvalue weighted by atomic mass is 127. The Labute approximate surface area is 182 Å². The predicted molar refractivity (Wildman–Crippen MR) is 112 cm³/mol. The van der Waals surface area contributed by atoms with E-state index in [2.05, 4.69) is 44.5 Å². The molecule has 0 radical (unpaired) electrons. The standard InChI is InChI=1S/C16H22F3N7S.HI/c1-9(2)14-24-12-5-4-10(7-26(12)25-14)22-15(20-3)21-6-13-23-11(8-27-13)16(17,18)19;/h8-10H,4-7H2,1-3H3,(H2,20,21,22);1H. The van der Waals surface area contributed by atoms with Gasteiger partial charge >= 0.3 is 6.18 Å². The van der Waals surface area contributed by atoms with E-state index in [0.717, 1.165) is 41.2 Å². The molecule has 28 heavy (non-hydrogen) atoms. The van der Waals surface area contributed by atoms with Gasteiger partial charge in [-0.15, -0.1) is 35.3 Å². The number of nitrogens with one attached hydrogen (secondary N) is 2. The van der Waals surface area contributed by atoms with Gasteiger partial charge in [0.05, 0.1) is 13.1 Å². The van der Waals surface area contributed by atoms with Crippen molar-refractivity contribution in [1.29, 1.82) is 0 Å². The summed E-state index contributed by atoms with van der Waals surface area (Å²) in [6.07, 6.45) is -2.72. The largest absolute Gasteiger partial charge is 0.434 e. The Morgan fingerprint density at radius 2 is 2.14 bits per heavy atom. The summed E-state index contributed by atoms with van der Waals surface area (Å²) >= 11 is 0.972. The van der Waals surface area contributed by atoms with E-state index in [0.29, 0.717) is 17.5 Å². The zero-order valence-electron chi connectivity index (χ0n) is 15.7. The molecule has 2 N–H and O–H groups in total. The van der Waals surface area contributed by atoms with Crippen molar-refractivity contribution in [2.24, 2.45) is 4.99 Å². The van der Waals surface area contributed by atoms with Gasteiger partial charge in [-0.25, -0.2) is 14.6 Å². The van der Waals surface area contributed by atoms with Crippen molar-refractivity contribution in [3.63, 3.8) is 0 Å². The van der Waals surface area contributed by atoms with Crippen molar-refractivity contribution in [2.75, 3.05) is 7.05 Å². The summed E-state index contributed by atoms with van der Waals surface area (Å²) in [4.78, 5) is 12.3. The van der Waals surface area contributed by atoms with Crippen LogP contribution >= 0.6 is 35.3 Å². The maximum Gasteiger partial charge on any atom is 0.434 e. The van der Waals surface area contributed by atoms with Gasteiger partial charge in [0, 0.05) is 30.8 Å². The zero-order chi connectivity index (χ0) is 19.6. The van der Waals surface area contributed by atoms with Crippen molar-refractivity contribution in [3.05, 3.63) is 27.7 Å². The van der Waals surface area contributed by atoms with Crippen molar-refractivity contribution >= 4 is 41.3 Å². The third-order valence-corrected chi connectivity index (χ3v) is 5.05. The van der Waals surface area contributed by atoms with Crippen LogP contribution in [0.5, 0.6) is 0 Å². The Hall–Kier alpha value is -1.44. The van der Waals surface area contributed by atoms with Crippen LogP contribution < -0.4 is 10.6 Å². The number of aryl methyl sites for hydroxylation is 1. The molecule has 0 spiro atoms. The molecule has 0 bridgehead atoms. The number of nitrogens with zero attached hydrogens (tertiary/aromatic N) is 5. The fraction of sp³-hybridized carbons (Fsp3) is 0.625. The number of aliphatic imine (C=N–C) groups is 1. The van der Waals surface area contributed by atoms with Crippen molar-refractivity contribution in [2.45, 2.75) is 57.9 Å². The molecule has 3 heterocycles. The van der Waals surface area contributed by atoms with E-state index in [4.69, 9.17) is 0 Å². The molecule has 1 aliphatic heterocycles. The highest BCUT2D eigenvalue weighted by Gasteiger charge is 2.33. The van der Waals surface area contributed by atoms with Crippen molar-refractivity contribution < 1.29 is 13.2 Å². The number of aromatic nitrogens is 4. The van der Waals surface area contributed by atoms with E-state index in [1.807, 2.05) is 4.68 Å². The molecule has 0 fully saturated rings. The van der Waals surface area contributed by atoms with Gasteiger partial charge in [-0.2, -0.15) is 18.3 Å². The molecule has 1 unspecified atom stereocenters. The number of hydrogen-bond donors (Lipinski definition) is 2. The summed E-state index contributed by atoms with van der Waals surface area (Å²) in [7, 11) is 1.62. The average molecular weight is 529 g/mol. The smallest absolute Gasteiger partial charge is 0.352 e. The quantitative estimate of drug-likeness (QED) is 0.362. The SMILES string of the molecule is CN=C(NCc1nc(C(F)(F)F)cs1)NC1CCc2nc(C(C)C)nn2C1.I. The summed E-state index contributed by atoms with van der Waals surface area (Å²) in [6.45, 7) is 4.97. The lowest BCUT2D eigenvalue weighted by Crippen LogP contribution is -2.46. The summed E-state index contributed by atoms with van der Waals surface area (Å²) in [5, 5.41) is 12.2. The van der Waals surface area contributed by atoms with E-state index >= 15 is 0 Å². The number of fused-ring (bicyclic) bond motifs is 1. The van der Waals surface area contributed by atoms with Crippen LogP contribution in [0.1, 0.15) is 48.5 Å². The Bertz CT molecular complexity index is 816. The number of thiazole rings is 1. The molecule has 3 rings (SSSR count). The van der Waals surface area contributed by atoms with Gasteiger partial charge in [0.25, 0.3) is 0 Å². The zero-order valence-corrected chi connectivity index (χ0v) is 18.9. The maximum absolute atomic E-state index is 12.6. The van der Waals surface area contributed by atoms with Crippen LogP contribution in [0.3, 0.4) is 0 Å². The lowest BCUT2D eigenvalue weighted by molar-refractivity contribution is -0.140. The van der Waals surface area contributed by atoms with E-state index in [1.54, 1.807) is 7.05 Å². The molecule has 156 valence electrons. The highest BCUT2D eigenvalue weighted by Crippen LogP contribution is 2.29. The number of alkyl halides is 3. The second kappa shape index (κ2) is 9.37. The first-order valence-electron chi connectivity index (χ1n) is 8.68. The molecule has 0 amide bonds. The first-order valence-corrected chi connectivity index (χ1v) is 9.56. The third kappa shape index (κ3) is 5.55. The van der Waals surface area contributed by atoms with Gasteiger partial charge in [-0.3, -0.25) is 4.99 Å². The minimum absolute atomic E-state index is 0. The van der Waals surface area contributed by atoms with Crippen LogP contribution in [0.2, 0.25) is 0 Å². The highest BCUT2D eigenvalue weighted by molar-refractivity contribution is 14.0. The fourth-order valence-corrected chi connectivity index (χ4v) is 3.50. The van der Waals surface area contributed by atoms with Gasteiger partial charge in [0.15, 0.2) is 17.5 Å². The van der Waals surface area contributed by atoms with Crippen LogP contribution in [-0.2, 0) is 25.7 Å². The molecule has 1 aliphatic rings. The van der Waals surface area contributed by atoms with Crippen LogP contribution in [0.4, 0.5) is 13.2 Å². The first-order chi connectivity index (χ1) is 12.8. The van der Waals surface area contributed by atoms with Gasteiger partial charge in [-0.1, -0.05) is 13.8 Å². The Kier molecular flexibility index (Phi) is 7.65. The average Bonchev–Trinajstić information content (AvgIpc) is 3.24. The topological polar surface area (TPSA) is 80.0 Å². The van der Waals surface area contributed by atoms with E-state index in [1.165, 1.54) is 0 Å². The number of rotatable bonds is 4. The summed E-state index contributed by atoms with van der Waals surface area (Å²) < 4.78 is 39.8. The number of guanidine groups is 1. The number of hydrogen-bond acceptors (Lipinski definition) is 5. The van der Waals surface area contributed by atoms with Crippen LogP contribution in [0.15, 0.2) is 10.4 Å². The molecule has 1 atom stereocenters. The van der Waals surface area contributed by atoms with Crippen molar-refractivity contribution in [1.82, 2.24) is 30.4 Å². The van der Waals surface area contributed by atoms with E-state index < -0.39 is 11.9 Å². The van der Waals surface area contributed by atoms with Crippen LogP contribution in [0, 0.1) is 0 Å².